The first-order chi connectivity index (χ1) is 10.7. The first-order valence-corrected chi connectivity index (χ1v) is 6.00. The summed E-state index contributed by atoms with van der Waals surface area (Å²) in [6.45, 7) is 1.36. The third kappa shape index (κ3) is 4.74. The van der Waals surface area contributed by atoms with Crippen LogP contribution in [0.15, 0.2) is 36.5 Å². The van der Waals surface area contributed by atoms with Gasteiger partial charge < -0.3 is 10.2 Å². The molecule has 0 bridgehead atoms. The molecule has 0 atom stereocenters. The van der Waals surface area contributed by atoms with E-state index in [1.165, 1.54) is 19.2 Å². The second kappa shape index (κ2) is 7.45. The van der Waals surface area contributed by atoms with Crippen molar-refractivity contribution in [3.05, 3.63) is 68.0 Å². The van der Waals surface area contributed by atoms with E-state index in [9.17, 15) is 30.1 Å². The van der Waals surface area contributed by atoms with E-state index in [2.05, 4.69) is 4.98 Å². The molecule has 0 aliphatic rings. The van der Waals surface area contributed by atoms with Gasteiger partial charge >= 0.3 is 11.7 Å². The Morgan fingerprint density at radius 3 is 2.22 bits per heavy atom. The average Bonchev–Trinajstić information content (AvgIpc) is 2.50. The number of aryl methyl sites for hydroxylation is 1. The Bertz CT molecular complexity index is 747. The van der Waals surface area contributed by atoms with Gasteiger partial charge in [0.2, 0.25) is 0 Å². The van der Waals surface area contributed by atoms with Crippen LogP contribution in [0.1, 0.15) is 16.1 Å². The highest BCUT2D eigenvalue weighted by atomic mass is 16.6. The molecule has 2 N–H and O–H groups in total. The minimum Gasteiger partial charge on any atom is -0.502 e. The topological polar surface area (TPSA) is 157 Å². The van der Waals surface area contributed by atoms with E-state index in [4.69, 9.17) is 5.11 Å². The van der Waals surface area contributed by atoms with Crippen LogP contribution in [0.4, 0.5) is 11.4 Å². The maximum Gasteiger partial charge on any atom is 0.354 e. The van der Waals surface area contributed by atoms with Crippen LogP contribution in [-0.4, -0.2) is 31.0 Å². The molecule has 10 nitrogen and oxygen atoms in total. The number of aromatic hydroxyl groups is 1. The molecule has 23 heavy (non-hydrogen) atoms. The van der Waals surface area contributed by atoms with Gasteiger partial charge in [-0.05, 0) is 19.1 Å². The van der Waals surface area contributed by atoms with Crippen molar-refractivity contribution in [3.63, 3.8) is 0 Å². The summed E-state index contributed by atoms with van der Waals surface area (Å²) in [5.41, 5.74) is -0.882. The van der Waals surface area contributed by atoms with Crippen LogP contribution in [0.2, 0.25) is 0 Å². The number of aromatic nitrogens is 1. The van der Waals surface area contributed by atoms with E-state index in [0.717, 1.165) is 12.1 Å². The normalized spacial score (nSPS) is 9.43. The number of nitrogens with zero attached hydrogens (tertiary/aromatic N) is 3. The number of nitro benzene ring substituents is 2. The van der Waals surface area contributed by atoms with Gasteiger partial charge in [-0.2, -0.15) is 0 Å². The van der Waals surface area contributed by atoms with Crippen LogP contribution < -0.4 is 0 Å². The first kappa shape index (κ1) is 17.5. The number of phenols is 1. The molecular formula is C13H11N3O7. The van der Waals surface area contributed by atoms with Crippen molar-refractivity contribution < 1.29 is 24.9 Å². The Hall–Kier alpha value is -3.56. The third-order valence-electron chi connectivity index (χ3n) is 2.56. The molecular weight excluding hydrogens is 310 g/mol. The van der Waals surface area contributed by atoms with Crippen LogP contribution in [-0.2, 0) is 0 Å². The summed E-state index contributed by atoms with van der Waals surface area (Å²) in [6, 6.07) is 6.55. The van der Waals surface area contributed by atoms with Crippen LogP contribution in [0.5, 0.6) is 5.75 Å². The lowest BCUT2D eigenvalue weighted by atomic mass is 10.1. The summed E-state index contributed by atoms with van der Waals surface area (Å²) in [6.07, 6.45) is 1.45. The first-order valence-electron chi connectivity index (χ1n) is 6.00. The van der Waals surface area contributed by atoms with Crippen molar-refractivity contribution in [2.24, 2.45) is 0 Å². The standard InChI is InChI=1S/C7H6N2O5.C6H5NO2/c1-4-2-5(8(11)12)3-6(7(4)10)9(13)14;8-6(9)5-3-1-2-4-7-5/h2-3,10H,1H3;1-4H,(H,8,9). The Kier molecular flexibility index (Phi) is 5.66. The minimum atomic E-state index is -0.990. The SMILES string of the molecule is Cc1cc([N+](=O)[O-])cc([N+](=O)[O-])c1O.O=C(O)c1ccccn1. The number of carboxylic acid groups (broad SMARTS) is 1. The zero-order valence-corrected chi connectivity index (χ0v) is 11.7. The number of carboxylic acids is 1. The number of carbonyl (C=O) groups is 1. The highest BCUT2D eigenvalue weighted by Crippen LogP contribution is 2.33. The number of benzene rings is 1. The summed E-state index contributed by atoms with van der Waals surface area (Å²) >= 11 is 0. The van der Waals surface area contributed by atoms with Crippen LogP contribution >= 0.6 is 0 Å². The highest BCUT2D eigenvalue weighted by molar-refractivity contribution is 5.85. The van der Waals surface area contributed by atoms with Gasteiger partial charge in [0, 0.05) is 17.8 Å². The van der Waals surface area contributed by atoms with Crippen molar-refractivity contribution >= 4 is 17.3 Å². The summed E-state index contributed by atoms with van der Waals surface area (Å²) in [5, 5.41) is 38.2. The maximum absolute atomic E-state index is 10.4. The Labute approximate surface area is 128 Å². The summed E-state index contributed by atoms with van der Waals surface area (Å²) in [5.74, 6) is -1.53. The average molecular weight is 321 g/mol. The molecule has 0 aliphatic carbocycles. The van der Waals surface area contributed by atoms with E-state index in [0.29, 0.717) is 0 Å². The number of non-ortho nitro benzene ring substituents is 1. The minimum absolute atomic E-state index is 0.0810. The number of rotatable bonds is 3. The van der Waals surface area contributed by atoms with Crippen LogP contribution in [0.25, 0.3) is 0 Å². The zero-order valence-electron chi connectivity index (χ0n) is 11.7. The van der Waals surface area contributed by atoms with Gasteiger partial charge in [0.25, 0.3) is 5.69 Å². The number of aromatic carboxylic acids is 1. The van der Waals surface area contributed by atoms with Gasteiger partial charge in [0.1, 0.15) is 5.69 Å². The van der Waals surface area contributed by atoms with E-state index < -0.39 is 32.9 Å². The lowest BCUT2D eigenvalue weighted by Gasteiger charge is -1.99. The largest absolute Gasteiger partial charge is 0.502 e. The molecule has 0 radical (unpaired) electrons. The molecule has 120 valence electrons. The second-order valence-corrected chi connectivity index (χ2v) is 4.16. The Morgan fingerprint density at radius 1 is 1.17 bits per heavy atom. The Morgan fingerprint density at radius 2 is 1.83 bits per heavy atom. The monoisotopic (exact) mass is 321 g/mol. The van der Waals surface area contributed by atoms with Gasteiger partial charge in [0.05, 0.1) is 15.9 Å². The molecule has 0 saturated heterocycles. The van der Waals surface area contributed by atoms with E-state index in [1.807, 2.05) is 0 Å². The number of pyridine rings is 1. The molecule has 0 unspecified atom stereocenters. The fraction of sp³-hybridized carbons (Fsp3) is 0.0769. The summed E-state index contributed by atoms with van der Waals surface area (Å²) in [7, 11) is 0. The summed E-state index contributed by atoms with van der Waals surface area (Å²) < 4.78 is 0. The molecule has 1 aromatic carbocycles. The zero-order chi connectivity index (χ0) is 17.6. The number of phenolic OH excluding ortho intramolecular Hbond substituents is 1. The molecule has 1 heterocycles. The van der Waals surface area contributed by atoms with Gasteiger partial charge in [-0.1, -0.05) is 6.07 Å². The molecule has 0 aliphatic heterocycles. The molecule has 10 heteroatoms. The third-order valence-corrected chi connectivity index (χ3v) is 2.56. The molecule has 0 saturated carbocycles. The molecule has 1 aromatic heterocycles. The fourth-order valence-electron chi connectivity index (χ4n) is 1.48. The molecule has 2 aromatic rings. The Balaban J connectivity index is 0.000000253. The van der Waals surface area contributed by atoms with Gasteiger partial charge in [-0.15, -0.1) is 0 Å². The number of nitro groups is 2. The highest BCUT2D eigenvalue weighted by Gasteiger charge is 2.21. The number of hydrogen-bond acceptors (Lipinski definition) is 7. The lowest BCUT2D eigenvalue weighted by molar-refractivity contribution is -0.394. The molecule has 2 rings (SSSR count). The smallest absolute Gasteiger partial charge is 0.354 e. The second-order valence-electron chi connectivity index (χ2n) is 4.16. The van der Waals surface area contributed by atoms with Crippen LogP contribution in [0.3, 0.4) is 0 Å². The van der Waals surface area contributed by atoms with Crippen molar-refractivity contribution in [2.45, 2.75) is 6.92 Å². The van der Waals surface area contributed by atoms with Crippen molar-refractivity contribution in [2.75, 3.05) is 0 Å². The van der Waals surface area contributed by atoms with Gasteiger partial charge in [-0.25, -0.2) is 9.78 Å². The van der Waals surface area contributed by atoms with E-state index in [-0.39, 0.29) is 11.3 Å². The van der Waals surface area contributed by atoms with Crippen molar-refractivity contribution in [3.8, 4) is 5.75 Å². The maximum atomic E-state index is 10.4. The number of hydrogen-bond donors (Lipinski definition) is 2. The van der Waals surface area contributed by atoms with Crippen LogP contribution in [0, 0.1) is 27.2 Å². The van der Waals surface area contributed by atoms with Crippen molar-refractivity contribution in [1.82, 2.24) is 4.98 Å². The lowest BCUT2D eigenvalue weighted by Crippen LogP contribution is -1.97. The quantitative estimate of drug-likeness (QED) is 0.643. The van der Waals surface area contributed by atoms with Gasteiger partial charge in [0.15, 0.2) is 5.75 Å². The molecule has 0 amide bonds. The molecule has 0 spiro atoms. The predicted molar refractivity (Wildman–Crippen MR) is 77.3 cm³/mol. The van der Waals surface area contributed by atoms with Gasteiger partial charge in [-0.3, -0.25) is 20.2 Å². The fourth-order valence-corrected chi connectivity index (χ4v) is 1.48. The van der Waals surface area contributed by atoms with E-state index in [1.54, 1.807) is 12.1 Å². The van der Waals surface area contributed by atoms with Crippen molar-refractivity contribution in [1.29, 1.82) is 0 Å². The van der Waals surface area contributed by atoms with E-state index >= 15 is 0 Å². The summed E-state index contributed by atoms with van der Waals surface area (Å²) in [4.78, 5) is 32.8. The molecule has 0 fully saturated rings. The predicted octanol–water partition coefficient (Wildman–Crippen LogP) is 2.30.